The maximum atomic E-state index is 13.2. The molecule has 0 aromatic carbocycles. The van der Waals surface area contributed by atoms with Crippen molar-refractivity contribution < 1.29 is 33.4 Å². The van der Waals surface area contributed by atoms with Gasteiger partial charge in [-0.1, -0.05) is 93.3 Å². The number of thioether (sulfide) groups is 1. The number of nitrogens with one attached hydrogen (secondary N) is 3. The molecule has 0 aliphatic carbocycles. The van der Waals surface area contributed by atoms with Crippen LogP contribution in [0.4, 0.5) is 0 Å². The van der Waals surface area contributed by atoms with Crippen LogP contribution in [0.2, 0.25) is 0 Å². The molecule has 0 fully saturated rings. The molecule has 1 aromatic heterocycles. The fourth-order valence-electron chi connectivity index (χ4n) is 4.46. The summed E-state index contributed by atoms with van der Waals surface area (Å²) in [5.41, 5.74) is 9.06. The normalized spacial score (nSPS) is 12.0. The minimum Gasteiger partial charge on any atom is -0.465 e. The average molecular weight is 839 g/mol. The van der Waals surface area contributed by atoms with E-state index in [0.29, 0.717) is 18.7 Å². The van der Waals surface area contributed by atoms with Gasteiger partial charge in [-0.25, -0.2) is 4.79 Å². The first-order chi connectivity index (χ1) is 28.1. The molecule has 0 saturated heterocycles. The minimum absolute atomic E-state index is 0.00285. The number of esters is 2. The van der Waals surface area contributed by atoms with Crippen LogP contribution in [-0.4, -0.2) is 96.3 Å². The summed E-state index contributed by atoms with van der Waals surface area (Å²) in [5, 5.41) is 12.3. The third-order valence-electron chi connectivity index (χ3n) is 7.62. The Morgan fingerprint density at radius 3 is 2.02 bits per heavy atom. The summed E-state index contributed by atoms with van der Waals surface area (Å²) in [5.74, 6) is -1.67. The second-order valence-electron chi connectivity index (χ2n) is 13.8. The van der Waals surface area contributed by atoms with Gasteiger partial charge in [-0.2, -0.15) is 4.99 Å². The maximum Gasteiger partial charge on any atom is 0.340 e. The summed E-state index contributed by atoms with van der Waals surface area (Å²) in [6.45, 7) is 7.07. The number of rotatable bonds is 25. The third-order valence-corrected chi connectivity index (χ3v) is 8.44. The molecule has 59 heavy (non-hydrogen) atoms. The second kappa shape index (κ2) is 33.5. The number of nitrogens with zero attached hydrogens (tertiary/aromatic N) is 3. The lowest BCUT2D eigenvalue weighted by atomic mass is 9.86. The van der Waals surface area contributed by atoms with Gasteiger partial charge in [0, 0.05) is 70.5 Å². The molecule has 0 radical (unpaired) electrons. The predicted octanol–water partition coefficient (Wildman–Crippen LogP) is 5.76. The molecule has 7 N–H and O–H groups in total. The van der Waals surface area contributed by atoms with Crippen LogP contribution in [0.3, 0.4) is 0 Å². The Labute approximate surface area is 354 Å². The number of guanidine groups is 2. The van der Waals surface area contributed by atoms with Crippen LogP contribution in [0.25, 0.3) is 0 Å². The number of aliphatic imine (C=N–C) groups is 1. The SMILES string of the molecule is CC/C=C\C/C=C\C/C=C\C/C=C\C/C=C\CCCC(=O)OCC(C)(C)[C@@H](OC(=O)c1cccnc1)C(=O)NCCC(=O)NCCSC(C)=O.CN(C)C(=N)N=C(N)N. The Morgan fingerprint density at radius 1 is 0.915 bits per heavy atom. The summed E-state index contributed by atoms with van der Waals surface area (Å²) in [7, 11) is 3.38. The zero-order chi connectivity index (χ0) is 44.3. The Morgan fingerprint density at radius 2 is 1.51 bits per heavy atom. The molecule has 1 heterocycles. The van der Waals surface area contributed by atoms with E-state index >= 15 is 0 Å². The van der Waals surface area contributed by atoms with E-state index in [1.807, 2.05) is 6.08 Å². The fraction of sp³-hybridized carbons (Fsp3) is 0.488. The Bertz CT molecular complexity index is 1600. The van der Waals surface area contributed by atoms with E-state index in [1.165, 1.54) is 30.3 Å². The molecule has 2 amide bonds. The van der Waals surface area contributed by atoms with Crippen molar-refractivity contribution in [2.75, 3.05) is 39.5 Å². The predicted molar refractivity (Wildman–Crippen MR) is 237 cm³/mol. The highest BCUT2D eigenvalue weighted by Gasteiger charge is 2.40. The summed E-state index contributed by atoms with van der Waals surface area (Å²) >= 11 is 1.11. The lowest BCUT2D eigenvalue weighted by Gasteiger charge is -2.32. The quantitative estimate of drug-likeness (QED) is 0.0260. The van der Waals surface area contributed by atoms with E-state index in [4.69, 9.17) is 26.4 Å². The Hall–Kier alpha value is -5.51. The maximum absolute atomic E-state index is 13.2. The van der Waals surface area contributed by atoms with Gasteiger partial charge in [0.2, 0.25) is 11.9 Å². The van der Waals surface area contributed by atoms with E-state index in [9.17, 15) is 24.0 Å². The van der Waals surface area contributed by atoms with Crippen molar-refractivity contribution >= 4 is 52.5 Å². The van der Waals surface area contributed by atoms with Crippen LogP contribution in [0.1, 0.15) is 95.8 Å². The number of allylic oxidation sites excluding steroid dienone is 10. The molecule has 0 aliphatic rings. The van der Waals surface area contributed by atoms with Gasteiger partial charge in [0.05, 0.1) is 5.56 Å². The molecular formula is C43H66N8O7S. The molecule has 1 atom stereocenters. The van der Waals surface area contributed by atoms with Crippen LogP contribution in [-0.2, 0) is 28.7 Å². The zero-order valence-electron chi connectivity index (χ0n) is 35.6. The van der Waals surface area contributed by atoms with Crippen LogP contribution in [0.5, 0.6) is 0 Å². The highest BCUT2D eigenvalue weighted by Crippen LogP contribution is 2.26. The molecule has 0 bridgehead atoms. The highest BCUT2D eigenvalue weighted by molar-refractivity contribution is 8.13. The largest absolute Gasteiger partial charge is 0.465 e. The first-order valence-corrected chi connectivity index (χ1v) is 20.6. The number of hydrogen-bond donors (Lipinski definition) is 5. The van der Waals surface area contributed by atoms with E-state index in [1.54, 1.807) is 34.0 Å². The van der Waals surface area contributed by atoms with E-state index < -0.39 is 29.4 Å². The Balaban J connectivity index is 0.00000332. The first-order valence-electron chi connectivity index (χ1n) is 19.7. The van der Waals surface area contributed by atoms with Crippen LogP contribution >= 0.6 is 11.8 Å². The summed E-state index contributed by atoms with van der Waals surface area (Å²) in [6, 6.07) is 3.09. The van der Waals surface area contributed by atoms with E-state index in [-0.39, 0.29) is 54.5 Å². The summed E-state index contributed by atoms with van der Waals surface area (Å²) in [6.07, 6.45) is 29.1. The number of nitrogens with two attached hydrogens (primary N) is 2. The van der Waals surface area contributed by atoms with Crippen LogP contribution in [0.15, 0.2) is 90.3 Å². The van der Waals surface area contributed by atoms with Crippen molar-refractivity contribution in [2.24, 2.45) is 21.9 Å². The van der Waals surface area contributed by atoms with E-state index in [2.05, 4.69) is 82.2 Å². The third kappa shape index (κ3) is 30.3. The summed E-state index contributed by atoms with van der Waals surface area (Å²) in [4.78, 5) is 70.6. The second-order valence-corrected chi connectivity index (χ2v) is 15.0. The fourth-order valence-corrected chi connectivity index (χ4v) is 4.95. The molecule has 0 aliphatic heterocycles. The van der Waals surface area contributed by atoms with Gasteiger partial charge < -0.3 is 36.5 Å². The molecule has 1 aromatic rings. The van der Waals surface area contributed by atoms with E-state index in [0.717, 1.165) is 50.3 Å². The van der Waals surface area contributed by atoms with Crippen molar-refractivity contribution in [1.82, 2.24) is 20.5 Å². The number of carbonyl (C=O) groups excluding carboxylic acids is 5. The standard InChI is InChI=1S/C39H55N3O7S.C4H11N5/c1-5-6-7-8-9-10-11-12-13-14-15-16-17-18-19-20-21-24-35(45)48-31-39(3,4)36(49-38(47)33-23-22-26-40-30-33)37(46)42-27-25-34(44)41-28-29-50-32(2)43;1-9(2)4(7)8-3(5)6/h6-7,9-10,12-13,15-16,18-19,22-23,26,30,36H,5,8,11,14,17,20-21,24-25,27-29,31H2,1-4H3,(H,41,44)(H,42,46);1-2H3,(H5,5,6,7,8)/b7-6-,10-9-,13-12-,16-15-,19-18-;/t36-;/m0./s1. The molecular weight excluding hydrogens is 773 g/mol. The molecule has 1 rings (SSSR count). The van der Waals surface area contributed by atoms with Crippen LogP contribution < -0.4 is 22.1 Å². The molecule has 326 valence electrons. The van der Waals surface area contributed by atoms with Gasteiger partial charge in [-0.15, -0.1) is 0 Å². The smallest absolute Gasteiger partial charge is 0.340 e. The average Bonchev–Trinajstić information content (AvgIpc) is 3.19. The first kappa shape index (κ1) is 53.5. The van der Waals surface area contributed by atoms with Crippen molar-refractivity contribution in [1.29, 1.82) is 5.41 Å². The minimum atomic E-state index is -1.32. The van der Waals surface area contributed by atoms with Gasteiger partial charge in [0.15, 0.2) is 17.2 Å². The number of carbonyl (C=O) groups is 5. The number of pyridine rings is 1. The number of unbranched alkanes of at least 4 members (excludes halogenated alkanes) is 1. The van der Waals surface area contributed by atoms with Gasteiger partial charge in [0.1, 0.15) is 6.61 Å². The monoisotopic (exact) mass is 838 g/mol. The molecule has 16 heteroatoms. The number of hydrogen-bond acceptors (Lipinski definition) is 10. The number of aromatic nitrogens is 1. The van der Waals surface area contributed by atoms with Gasteiger partial charge in [-0.05, 0) is 57.1 Å². The van der Waals surface area contributed by atoms with Crippen molar-refractivity contribution in [2.45, 2.75) is 91.6 Å². The molecule has 15 nitrogen and oxygen atoms in total. The molecule has 0 saturated carbocycles. The van der Waals surface area contributed by atoms with Gasteiger partial charge in [0.25, 0.3) is 5.91 Å². The molecule has 0 spiro atoms. The molecule has 0 unspecified atom stereocenters. The van der Waals surface area contributed by atoms with Crippen molar-refractivity contribution in [3.8, 4) is 0 Å². The Kier molecular flexibility index (Phi) is 30.3. The number of ether oxygens (including phenoxy) is 2. The lowest BCUT2D eigenvalue weighted by molar-refractivity contribution is -0.153. The summed E-state index contributed by atoms with van der Waals surface area (Å²) < 4.78 is 11.1. The van der Waals surface area contributed by atoms with Gasteiger partial charge >= 0.3 is 11.9 Å². The number of amides is 2. The topological polar surface area (TPSA) is 232 Å². The van der Waals surface area contributed by atoms with Crippen molar-refractivity contribution in [3.63, 3.8) is 0 Å². The van der Waals surface area contributed by atoms with Crippen LogP contribution in [0, 0.1) is 10.8 Å². The lowest BCUT2D eigenvalue weighted by Crippen LogP contribution is -2.49. The van der Waals surface area contributed by atoms with Crippen molar-refractivity contribution in [3.05, 3.63) is 90.9 Å². The highest BCUT2D eigenvalue weighted by atomic mass is 32.2. The van der Waals surface area contributed by atoms with Gasteiger partial charge in [-0.3, -0.25) is 29.6 Å². The zero-order valence-corrected chi connectivity index (χ0v) is 36.4.